The Bertz CT molecular complexity index is 353. The third-order valence-electron chi connectivity index (χ3n) is 2.61. The number of phenolic OH excluding ortho intramolecular Hbond substituents is 2. The highest BCUT2D eigenvalue weighted by atomic mass is 16.3. The van der Waals surface area contributed by atoms with Crippen LogP contribution < -0.4 is 5.32 Å². The topological polar surface area (TPSA) is 72.7 Å². The van der Waals surface area contributed by atoms with Crippen LogP contribution in [0.5, 0.6) is 11.5 Å². The van der Waals surface area contributed by atoms with E-state index >= 15 is 0 Å². The van der Waals surface area contributed by atoms with Gasteiger partial charge in [0.25, 0.3) is 0 Å². The zero-order valence-electron chi connectivity index (χ0n) is 10.3. The summed E-state index contributed by atoms with van der Waals surface area (Å²) in [6, 6.07) is 4.78. The minimum Gasteiger partial charge on any atom is -0.504 e. The molecule has 0 aliphatic carbocycles. The summed E-state index contributed by atoms with van der Waals surface area (Å²) in [5.74, 6) is 0.288. The minimum atomic E-state index is -0.117. The number of nitrogens with one attached hydrogen (secondary N) is 1. The molecule has 1 rings (SSSR count). The van der Waals surface area contributed by atoms with Crippen molar-refractivity contribution in [2.45, 2.75) is 32.9 Å². The van der Waals surface area contributed by atoms with Crippen molar-refractivity contribution in [3.8, 4) is 11.5 Å². The fourth-order valence-electron chi connectivity index (χ4n) is 1.73. The van der Waals surface area contributed by atoms with E-state index in [0.717, 1.165) is 12.0 Å². The van der Waals surface area contributed by atoms with Crippen LogP contribution in [0.4, 0.5) is 0 Å². The van der Waals surface area contributed by atoms with Gasteiger partial charge in [0.15, 0.2) is 11.5 Å². The number of rotatable bonds is 6. The van der Waals surface area contributed by atoms with Crippen molar-refractivity contribution in [3.63, 3.8) is 0 Å². The van der Waals surface area contributed by atoms with Gasteiger partial charge in [-0.05, 0) is 30.0 Å². The predicted octanol–water partition coefficient (Wildman–Crippen LogP) is 1.59. The molecule has 0 saturated carbocycles. The first kappa shape index (κ1) is 13.8. The molecule has 4 heteroatoms. The molecule has 1 unspecified atom stereocenters. The van der Waals surface area contributed by atoms with Crippen molar-refractivity contribution in [1.29, 1.82) is 0 Å². The van der Waals surface area contributed by atoms with Gasteiger partial charge in [0.2, 0.25) is 0 Å². The number of benzene rings is 1. The Labute approximate surface area is 102 Å². The standard InChI is InChI=1S/C13H21NO3/c1-9(2)5-11(8-15)14-7-10-3-4-12(16)13(17)6-10/h3-4,6,9,11,14-17H,5,7-8H2,1-2H3. The molecule has 4 N–H and O–H groups in total. The number of hydrogen-bond donors (Lipinski definition) is 4. The highest BCUT2D eigenvalue weighted by Gasteiger charge is 2.09. The molecular formula is C13H21NO3. The molecule has 0 fully saturated rings. The molecule has 0 saturated heterocycles. The van der Waals surface area contributed by atoms with Crippen molar-refractivity contribution in [1.82, 2.24) is 5.32 Å². The average Bonchev–Trinajstić information content (AvgIpc) is 2.28. The van der Waals surface area contributed by atoms with E-state index in [1.807, 2.05) is 0 Å². The molecule has 0 amide bonds. The molecule has 0 heterocycles. The van der Waals surface area contributed by atoms with Crippen LogP contribution >= 0.6 is 0 Å². The summed E-state index contributed by atoms with van der Waals surface area (Å²) < 4.78 is 0. The van der Waals surface area contributed by atoms with Gasteiger partial charge in [0.05, 0.1) is 6.61 Å². The van der Waals surface area contributed by atoms with Gasteiger partial charge in [-0.3, -0.25) is 0 Å². The van der Waals surface area contributed by atoms with E-state index in [0.29, 0.717) is 12.5 Å². The fraction of sp³-hybridized carbons (Fsp3) is 0.538. The molecule has 0 radical (unpaired) electrons. The van der Waals surface area contributed by atoms with Crippen molar-refractivity contribution >= 4 is 0 Å². The second-order valence-electron chi connectivity index (χ2n) is 4.71. The Hall–Kier alpha value is -1.26. The predicted molar refractivity (Wildman–Crippen MR) is 66.9 cm³/mol. The van der Waals surface area contributed by atoms with Crippen molar-refractivity contribution in [3.05, 3.63) is 23.8 Å². The van der Waals surface area contributed by atoms with Crippen molar-refractivity contribution in [2.75, 3.05) is 6.61 Å². The fourth-order valence-corrected chi connectivity index (χ4v) is 1.73. The quantitative estimate of drug-likeness (QED) is 0.569. The molecule has 4 nitrogen and oxygen atoms in total. The van der Waals surface area contributed by atoms with Gasteiger partial charge < -0.3 is 20.6 Å². The summed E-state index contributed by atoms with van der Waals surface area (Å²) in [5.41, 5.74) is 0.877. The van der Waals surface area contributed by atoms with Gasteiger partial charge in [-0.1, -0.05) is 19.9 Å². The molecule has 96 valence electrons. The van der Waals surface area contributed by atoms with Gasteiger partial charge >= 0.3 is 0 Å². The number of hydrogen-bond acceptors (Lipinski definition) is 4. The van der Waals surface area contributed by atoms with E-state index in [1.165, 1.54) is 12.1 Å². The zero-order chi connectivity index (χ0) is 12.8. The van der Waals surface area contributed by atoms with Crippen LogP contribution in [0.1, 0.15) is 25.8 Å². The van der Waals surface area contributed by atoms with Crippen LogP contribution in [0.3, 0.4) is 0 Å². The van der Waals surface area contributed by atoms with Gasteiger partial charge in [-0.15, -0.1) is 0 Å². The second kappa shape index (κ2) is 6.47. The summed E-state index contributed by atoms with van der Waals surface area (Å²) in [6.45, 7) is 4.88. The largest absolute Gasteiger partial charge is 0.504 e. The normalized spacial score (nSPS) is 12.9. The maximum atomic E-state index is 9.34. The van der Waals surface area contributed by atoms with E-state index in [-0.39, 0.29) is 24.1 Å². The average molecular weight is 239 g/mol. The summed E-state index contributed by atoms with van der Waals surface area (Å²) >= 11 is 0. The van der Waals surface area contributed by atoms with Crippen LogP contribution in [-0.4, -0.2) is 28.0 Å². The minimum absolute atomic E-state index is 0.0611. The first-order valence-electron chi connectivity index (χ1n) is 5.88. The third kappa shape index (κ3) is 4.63. The van der Waals surface area contributed by atoms with E-state index in [2.05, 4.69) is 19.2 Å². The van der Waals surface area contributed by atoms with Crippen LogP contribution in [0.2, 0.25) is 0 Å². The molecule has 0 bridgehead atoms. The number of aliphatic hydroxyl groups is 1. The molecular weight excluding hydrogens is 218 g/mol. The van der Waals surface area contributed by atoms with E-state index in [1.54, 1.807) is 6.07 Å². The van der Waals surface area contributed by atoms with Crippen LogP contribution in [0, 0.1) is 5.92 Å². The lowest BCUT2D eigenvalue weighted by atomic mass is 10.0. The number of aliphatic hydroxyl groups excluding tert-OH is 1. The molecule has 0 aliphatic heterocycles. The second-order valence-corrected chi connectivity index (χ2v) is 4.71. The SMILES string of the molecule is CC(C)CC(CO)NCc1ccc(O)c(O)c1. The lowest BCUT2D eigenvalue weighted by molar-refractivity contribution is 0.223. The number of aromatic hydroxyl groups is 2. The summed E-state index contributed by atoms with van der Waals surface area (Å²) in [4.78, 5) is 0. The Balaban J connectivity index is 2.50. The summed E-state index contributed by atoms with van der Waals surface area (Å²) in [6.07, 6.45) is 0.903. The zero-order valence-corrected chi connectivity index (χ0v) is 10.3. The Morgan fingerprint density at radius 1 is 1.18 bits per heavy atom. The van der Waals surface area contributed by atoms with Crippen LogP contribution in [-0.2, 0) is 6.54 Å². The number of phenols is 2. The molecule has 0 spiro atoms. The molecule has 17 heavy (non-hydrogen) atoms. The lowest BCUT2D eigenvalue weighted by Gasteiger charge is -2.18. The maximum absolute atomic E-state index is 9.34. The van der Waals surface area contributed by atoms with Gasteiger partial charge in [-0.2, -0.15) is 0 Å². The van der Waals surface area contributed by atoms with Gasteiger partial charge in [0, 0.05) is 12.6 Å². The van der Waals surface area contributed by atoms with E-state index in [4.69, 9.17) is 0 Å². The first-order chi connectivity index (χ1) is 8.02. The Morgan fingerprint density at radius 3 is 2.41 bits per heavy atom. The molecule has 1 atom stereocenters. The maximum Gasteiger partial charge on any atom is 0.157 e. The molecule has 1 aromatic carbocycles. The molecule has 0 aliphatic rings. The third-order valence-corrected chi connectivity index (χ3v) is 2.61. The van der Waals surface area contributed by atoms with Gasteiger partial charge in [0.1, 0.15) is 0 Å². The summed E-state index contributed by atoms with van der Waals surface area (Å²) in [7, 11) is 0. The smallest absolute Gasteiger partial charge is 0.157 e. The van der Waals surface area contributed by atoms with Gasteiger partial charge in [-0.25, -0.2) is 0 Å². The monoisotopic (exact) mass is 239 g/mol. The van der Waals surface area contributed by atoms with Crippen LogP contribution in [0.25, 0.3) is 0 Å². The Morgan fingerprint density at radius 2 is 1.88 bits per heavy atom. The molecule has 0 aromatic heterocycles. The van der Waals surface area contributed by atoms with E-state index < -0.39 is 0 Å². The highest BCUT2D eigenvalue weighted by Crippen LogP contribution is 2.24. The molecule has 1 aromatic rings. The van der Waals surface area contributed by atoms with Crippen molar-refractivity contribution in [2.24, 2.45) is 5.92 Å². The lowest BCUT2D eigenvalue weighted by Crippen LogP contribution is -2.33. The van der Waals surface area contributed by atoms with Crippen LogP contribution in [0.15, 0.2) is 18.2 Å². The first-order valence-corrected chi connectivity index (χ1v) is 5.88. The van der Waals surface area contributed by atoms with E-state index in [9.17, 15) is 15.3 Å². The summed E-state index contributed by atoms with van der Waals surface area (Å²) in [5, 5.41) is 30.9. The van der Waals surface area contributed by atoms with Crippen molar-refractivity contribution < 1.29 is 15.3 Å². The highest BCUT2D eigenvalue weighted by molar-refractivity contribution is 5.40. The Kier molecular flexibility index (Phi) is 5.25.